The molecular formula is C27H21ClN2O2. The highest BCUT2D eigenvalue weighted by Crippen LogP contribution is 2.35. The number of hydrogen-bond acceptors (Lipinski definition) is 4. The van der Waals surface area contributed by atoms with E-state index in [9.17, 15) is 5.11 Å². The number of aliphatic hydroxyl groups is 1. The Morgan fingerprint density at radius 3 is 2.22 bits per heavy atom. The van der Waals surface area contributed by atoms with Crippen LogP contribution < -0.4 is 4.74 Å². The quantitative estimate of drug-likeness (QED) is 0.311. The maximum absolute atomic E-state index is 10.9. The fraction of sp³-hybridized carbons (Fsp3) is 0.111. The minimum atomic E-state index is -0.923. The van der Waals surface area contributed by atoms with Gasteiger partial charge >= 0.3 is 0 Å². The van der Waals surface area contributed by atoms with Crippen LogP contribution in [-0.4, -0.2) is 15.1 Å². The highest BCUT2D eigenvalue weighted by molar-refractivity contribution is 6.21. The smallest absolute Gasteiger partial charge is 0.130 e. The lowest BCUT2D eigenvalue weighted by atomic mass is 10.0. The van der Waals surface area contributed by atoms with E-state index in [1.54, 1.807) is 0 Å². The lowest BCUT2D eigenvalue weighted by Gasteiger charge is -2.18. The third kappa shape index (κ3) is 4.28. The predicted molar refractivity (Wildman–Crippen MR) is 128 cm³/mol. The Bertz CT molecular complexity index is 1390. The first-order valence-electron chi connectivity index (χ1n) is 10.4. The molecule has 2 unspecified atom stereocenters. The van der Waals surface area contributed by atoms with E-state index in [1.807, 2.05) is 97.1 Å². The van der Waals surface area contributed by atoms with Crippen molar-refractivity contribution in [2.45, 2.75) is 18.1 Å². The summed E-state index contributed by atoms with van der Waals surface area (Å²) in [5, 5.41) is 12.3. The number of aliphatic hydroxyl groups excluding tert-OH is 1. The lowest BCUT2D eigenvalue weighted by molar-refractivity contribution is 0.170. The van der Waals surface area contributed by atoms with E-state index >= 15 is 0 Å². The molecule has 5 heteroatoms. The summed E-state index contributed by atoms with van der Waals surface area (Å²) in [6.45, 7) is 0.334. The molecular weight excluding hydrogens is 420 g/mol. The molecule has 0 amide bonds. The molecule has 0 fully saturated rings. The van der Waals surface area contributed by atoms with Crippen LogP contribution in [0.15, 0.2) is 97.1 Å². The van der Waals surface area contributed by atoms with E-state index in [4.69, 9.17) is 16.3 Å². The zero-order valence-electron chi connectivity index (χ0n) is 17.2. The molecule has 0 spiro atoms. The number of fused-ring (bicyclic) bond motifs is 2. The molecule has 1 N–H and O–H groups in total. The molecule has 0 radical (unpaired) electrons. The number of nitrogens with zero attached hydrogens (tertiary/aromatic N) is 2. The molecule has 0 aliphatic carbocycles. The minimum Gasteiger partial charge on any atom is -0.487 e. The van der Waals surface area contributed by atoms with Crippen LogP contribution in [0.25, 0.3) is 21.8 Å². The summed E-state index contributed by atoms with van der Waals surface area (Å²) < 4.78 is 5.94. The monoisotopic (exact) mass is 440 g/mol. The van der Waals surface area contributed by atoms with E-state index in [0.29, 0.717) is 23.6 Å². The minimum absolute atomic E-state index is 0.334. The van der Waals surface area contributed by atoms with Crippen LogP contribution in [-0.2, 0) is 6.61 Å². The summed E-state index contributed by atoms with van der Waals surface area (Å²) in [6.07, 6.45) is -0.923. The van der Waals surface area contributed by atoms with Gasteiger partial charge in [-0.25, -0.2) is 4.98 Å². The average molecular weight is 441 g/mol. The van der Waals surface area contributed by atoms with Crippen molar-refractivity contribution in [3.63, 3.8) is 0 Å². The van der Waals surface area contributed by atoms with E-state index in [-0.39, 0.29) is 0 Å². The van der Waals surface area contributed by atoms with Gasteiger partial charge in [-0.3, -0.25) is 4.98 Å². The molecule has 0 aliphatic rings. The van der Waals surface area contributed by atoms with Gasteiger partial charge in [0.1, 0.15) is 23.8 Å². The number of alkyl halides is 1. The summed E-state index contributed by atoms with van der Waals surface area (Å²) in [4.78, 5) is 9.25. The van der Waals surface area contributed by atoms with E-state index < -0.39 is 11.5 Å². The number of aromatic nitrogens is 2. The van der Waals surface area contributed by atoms with Gasteiger partial charge in [-0.05, 0) is 42.0 Å². The van der Waals surface area contributed by atoms with E-state index in [0.717, 1.165) is 27.5 Å². The van der Waals surface area contributed by atoms with Gasteiger partial charge in [-0.2, -0.15) is 0 Å². The van der Waals surface area contributed by atoms with Crippen LogP contribution in [0.3, 0.4) is 0 Å². The van der Waals surface area contributed by atoms with Gasteiger partial charge in [0.15, 0.2) is 0 Å². The van der Waals surface area contributed by atoms with Crippen molar-refractivity contribution in [2.75, 3.05) is 0 Å². The summed E-state index contributed by atoms with van der Waals surface area (Å²) in [5.41, 5.74) is 3.92. The summed E-state index contributed by atoms with van der Waals surface area (Å²) in [5.74, 6) is 0.645. The number of benzene rings is 3. The fourth-order valence-electron chi connectivity index (χ4n) is 3.70. The molecule has 2 heterocycles. The van der Waals surface area contributed by atoms with Gasteiger partial charge in [-0.15, -0.1) is 11.6 Å². The van der Waals surface area contributed by atoms with Crippen molar-refractivity contribution in [1.29, 1.82) is 0 Å². The van der Waals surface area contributed by atoms with Crippen LogP contribution in [0.4, 0.5) is 0 Å². The van der Waals surface area contributed by atoms with Gasteiger partial charge < -0.3 is 9.84 Å². The third-order valence-electron chi connectivity index (χ3n) is 5.42. The van der Waals surface area contributed by atoms with Crippen LogP contribution in [0.2, 0.25) is 0 Å². The summed E-state index contributed by atoms with van der Waals surface area (Å²) >= 11 is 6.61. The van der Waals surface area contributed by atoms with E-state index in [1.165, 1.54) is 0 Å². The number of ether oxygens (including phenoxy) is 1. The number of para-hydroxylation sites is 2. The van der Waals surface area contributed by atoms with Crippen molar-refractivity contribution in [3.8, 4) is 5.75 Å². The lowest BCUT2D eigenvalue weighted by Crippen LogP contribution is -2.08. The molecule has 2 atom stereocenters. The topological polar surface area (TPSA) is 55.2 Å². The molecule has 0 bridgehead atoms. The Labute approximate surface area is 191 Å². The summed E-state index contributed by atoms with van der Waals surface area (Å²) in [7, 11) is 0. The van der Waals surface area contributed by atoms with Gasteiger partial charge in [0.05, 0.1) is 22.4 Å². The van der Waals surface area contributed by atoms with Crippen molar-refractivity contribution in [1.82, 2.24) is 9.97 Å². The van der Waals surface area contributed by atoms with Gasteiger partial charge in [0.25, 0.3) is 0 Å². The SMILES string of the molecule is OC(c1cccc(OCc2ccc3ccccc3n2)c1)C(Cl)c1ccc2ccccc2n1. The maximum atomic E-state index is 10.9. The summed E-state index contributed by atoms with van der Waals surface area (Å²) in [6, 6.07) is 31.0. The molecule has 3 aromatic carbocycles. The number of pyridine rings is 2. The molecule has 0 aliphatic heterocycles. The highest BCUT2D eigenvalue weighted by Gasteiger charge is 2.22. The van der Waals surface area contributed by atoms with Gasteiger partial charge in [0.2, 0.25) is 0 Å². The predicted octanol–water partition coefficient (Wildman–Crippen LogP) is 6.38. The van der Waals surface area contributed by atoms with Gasteiger partial charge in [0, 0.05) is 10.8 Å². The highest BCUT2D eigenvalue weighted by atomic mass is 35.5. The first-order chi connectivity index (χ1) is 15.7. The normalized spacial score (nSPS) is 13.2. The zero-order valence-corrected chi connectivity index (χ0v) is 18.0. The standard InChI is InChI=1S/C27H21ClN2O2/c28-26(25-15-13-19-7-2-4-11-24(19)30-25)27(31)20-8-5-9-22(16-20)32-17-21-14-12-18-6-1-3-10-23(18)29-21/h1-16,26-27,31H,17H2. The largest absolute Gasteiger partial charge is 0.487 e. The first-order valence-corrected chi connectivity index (χ1v) is 10.9. The van der Waals surface area contributed by atoms with Crippen molar-refractivity contribution in [2.24, 2.45) is 0 Å². The second kappa shape index (κ2) is 8.95. The van der Waals surface area contributed by atoms with Crippen molar-refractivity contribution >= 4 is 33.4 Å². The van der Waals surface area contributed by atoms with Crippen LogP contribution in [0.5, 0.6) is 5.75 Å². The van der Waals surface area contributed by atoms with Crippen molar-refractivity contribution < 1.29 is 9.84 Å². The van der Waals surface area contributed by atoms with Crippen LogP contribution in [0.1, 0.15) is 28.4 Å². The Kier molecular flexibility index (Phi) is 5.71. The van der Waals surface area contributed by atoms with Crippen LogP contribution in [0, 0.1) is 0 Å². The number of rotatable bonds is 6. The molecule has 2 aromatic heterocycles. The molecule has 5 rings (SSSR count). The first kappa shape index (κ1) is 20.4. The molecule has 5 aromatic rings. The Balaban J connectivity index is 1.31. The van der Waals surface area contributed by atoms with Crippen LogP contribution >= 0.6 is 11.6 Å². The van der Waals surface area contributed by atoms with Crippen molar-refractivity contribution in [3.05, 3.63) is 114 Å². The number of halogens is 1. The second-order valence-electron chi connectivity index (χ2n) is 7.63. The molecule has 32 heavy (non-hydrogen) atoms. The molecule has 0 saturated carbocycles. The Morgan fingerprint density at radius 2 is 1.44 bits per heavy atom. The Hall–Kier alpha value is -3.47. The molecule has 0 saturated heterocycles. The third-order valence-corrected chi connectivity index (χ3v) is 5.88. The molecule has 4 nitrogen and oxygen atoms in total. The average Bonchev–Trinajstić information content (AvgIpc) is 2.86. The number of hydrogen-bond donors (Lipinski definition) is 1. The van der Waals surface area contributed by atoms with Gasteiger partial charge in [-0.1, -0.05) is 60.7 Å². The fourth-order valence-corrected chi connectivity index (χ4v) is 3.97. The molecule has 158 valence electrons. The zero-order chi connectivity index (χ0) is 21.9. The Morgan fingerprint density at radius 1 is 0.750 bits per heavy atom. The second-order valence-corrected chi connectivity index (χ2v) is 8.10. The maximum Gasteiger partial charge on any atom is 0.130 e. The van der Waals surface area contributed by atoms with E-state index in [2.05, 4.69) is 9.97 Å².